The maximum Gasteiger partial charge on any atom is 0.211 e. The van der Waals surface area contributed by atoms with Gasteiger partial charge < -0.3 is 5.32 Å². The molecule has 0 aliphatic rings. The molecule has 0 spiro atoms. The first-order valence-electron chi connectivity index (χ1n) is 5.56. The molecule has 2 nitrogen and oxygen atoms in total. The van der Waals surface area contributed by atoms with Crippen LogP contribution < -0.4 is 5.32 Å². The summed E-state index contributed by atoms with van der Waals surface area (Å²) in [7, 11) is 0. The van der Waals surface area contributed by atoms with Crippen molar-refractivity contribution in [2.45, 2.75) is 10.6 Å². The van der Waals surface area contributed by atoms with Gasteiger partial charge in [-0.25, -0.2) is 0 Å². The van der Waals surface area contributed by atoms with Crippen molar-refractivity contribution >= 4 is 47.1 Å². The number of halogens is 2. The predicted octanol–water partition coefficient (Wildman–Crippen LogP) is 4.85. The standard InChI is InChI=1S/C14H11Cl2NOS/c15-11-2-1-10(14(16)7-11)8-19-13-5-3-12(4-6-13)17-9-18/h1-7,9H,8H2,(H,17,18). The molecule has 0 fully saturated rings. The van der Waals surface area contributed by atoms with Crippen LogP contribution in [0.3, 0.4) is 0 Å². The first-order chi connectivity index (χ1) is 9.19. The fourth-order valence-electron chi connectivity index (χ4n) is 1.52. The van der Waals surface area contributed by atoms with Crippen LogP contribution in [0.2, 0.25) is 10.0 Å². The van der Waals surface area contributed by atoms with Gasteiger partial charge in [0.15, 0.2) is 0 Å². The molecule has 19 heavy (non-hydrogen) atoms. The number of thioether (sulfide) groups is 1. The largest absolute Gasteiger partial charge is 0.329 e. The first kappa shape index (κ1) is 14.3. The number of nitrogens with one attached hydrogen (secondary N) is 1. The third-order valence-corrected chi connectivity index (χ3v) is 4.14. The van der Waals surface area contributed by atoms with Crippen LogP contribution in [-0.4, -0.2) is 6.41 Å². The topological polar surface area (TPSA) is 29.1 Å². The molecule has 0 unspecified atom stereocenters. The fraction of sp³-hybridized carbons (Fsp3) is 0.0714. The SMILES string of the molecule is O=CNc1ccc(SCc2ccc(Cl)cc2Cl)cc1. The molecule has 0 heterocycles. The molecule has 0 aromatic heterocycles. The van der Waals surface area contributed by atoms with E-state index in [2.05, 4.69) is 5.32 Å². The lowest BCUT2D eigenvalue weighted by Gasteiger charge is -2.05. The van der Waals surface area contributed by atoms with E-state index in [4.69, 9.17) is 23.2 Å². The van der Waals surface area contributed by atoms with Gasteiger partial charge in [0.05, 0.1) is 0 Å². The third-order valence-electron chi connectivity index (χ3n) is 2.49. The molecule has 0 bridgehead atoms. The van der Waals surface area contributed by atoms with E-state index in [0.29, 0.717) is 16.5 Å². The number of benzene rings is 2. The molecule has 0 aliphatic heterocycles. The minimum Gasteiger partial charge on any atom is -0.329 e. The molecule has 0 radical (unpaired) electrons. The van der Waals surface area contributed by atoms with Crippen LogP contribution in [0.4, 0.5) is 5.69 Å². The molecule has 1 amide bonds. The quantitative estimate of drug-likeness (QED) is 0.631. The summed E-state index contributed by atoms with van der Waals surface area (Å²) in [5.74, 6) is 0.774. The van der Waals surface area contributed by atoms with Crippen molar-refractivity contribution in [3.63, 3.8) is 0 Å². The van der Waals surface area contributed by atoms with Gasteiger partial charge in [0.1, 0.15) is 0 Å². The van der Waals surface area contributed by atoms with Crippen LogP contribution in [0.5, 0.6) is 0 Å². The average molecular weight is 312 g/mol. The summed E-state index contributed by atoms with van der Waals surface area (Å²) in [5, 5.41) is 3.92. The summed E-state index contributed by atoms with van der Waals surface area (Å²) >= 11 is 13.6. The molecule has 2 aromatic carbocycles. The van der Waals surface area contributed by atoms with E-state index in [1.165, 1.54) is 0 Å². The van der Waals surface area contributed by atoms with Gasteiger partial charge in [-0.1, -0.05) is 29.3 Å². The van der Waals surface area contributed by atoms with Crippen molar-refractivity contribution in [3.8, 4) is 0 Å². The van der Waals surface area contributed by atoms with E-state index in [0.717, 1.165) is 21.9 Å². The molecule has 5 heteroatoms. The van der Waals surface area contributed by atoms with Crippen LogP contribution >= 0.6 is 35.0 Å². The van der Waals surface area contributed by atoms with Gasteiger partial charge in [0, 0.05) is 26.4 Å². The minimum absolute atomic E-state index is 0.642. The molecule has 1 N–H and O–H groups in total. The summed E-state index contributed by atoms with van der Waals surface area (Å²) in [6, 6.07) is 13.2. The maximum atomic E-state index is 10.3. The van der Waals surface area contributed by atoms with E-state index in [1.807, 2.05) is 36.4 Å². The van der Waals surface area contributed by atoms with Crippen LogP contribution in [0.15, 0.2) is 47.4 Å². The molecule has 0 saturated carbocycles. The highest BCUT2D eigenvalue weighted by atomic mass is 35.5. The molecule has 98 valence electrons. The van der Waals surface area contributed by atoms with E-state index >= 15 is 0 Å². The Morgan fingerprint density at radius 2 is 1.84 bits per heavy atom. The van der Waals surface area contributed by atoms with Crippen molar-refractivity contribution < 1.29 is 4.79 Å². The lowest BCUT2D eigenvalue weighted by atomic mass is 10.2. The smallest absolute Gasteiger partial charge is 0.211 e. The van der Waals surface area contributed by atoms with Crippen molar-refractivity contribution in [1.29, 1.82) is 0 Å². The Bertz CT molecular complexity index is 572. The highest BCUT2D eigenvalue weighted by molar-refractivity contribution is 7.98. The average Bonchev–Trinajstić information content (AvgIpc) is 2.40. The number of carbonyl (C=O) groups is 1. The van der Waals surface area contributed by atoms with Gasteiger partial charge in [0.25, 0.3) is 0 Å². The predicted molar refractivity (Wildman–Crippen MR) is 82.2 cm³/mol. The number of carbonyl (C=O) groups excluding carboxylic acids is 1. The Balaban J connectivity index is 1.99. The highest BCUT2D eigenvalue weighted by Gasteiger charge is 2.02. The van der Waals surface area contributed by atoms with Crippen molar-refractivity contribution in [3.05, 3.63) is 58.1 Å². The van der Waals surface area contributed by atoms with Gasteiger partial charge in [-0.15, -0.1) is 11.8 Å². The van der Waals surface area contributed by atoms with Gasteiger partial charge in [-0.05, 0) is 42.0 Å². The van der Waals surface area contributed by atoms with Crippen molar-refractivity contribution in [2.24, 2.45) is 0 Å². The molecule has 2 rings (SSSR count). The summed E-state index contributed by atoms with van der Waals surface area (Å²) in [5.41, 5.74) is 1.83. The number of hydrogen-bond donors (Lipinski definition) is 1. The molecule has 0 atom stereocenters. The number of rotatable bonds is 5. The van der Waals surface area contributed by atoms with Crippen LogP contribution in [0.25, 0.3) is 0 Å². The summed E-state index contributed by atoms with van der Waals surface area (Å²) in [6.45, 7) is 0. The zero-order valence-electron chi connectivity index (χ0n) is 9.90. The zero-order chi connectivity index (χ0) is 13.7. The molecular weight excluding hydrogens is 301 g/mol. The summed E-state index contributed by atoms with van der Waals surface area (Å²) < 4.78 is 0. The third kappa shape index (κ3) is 4.16. The Morgan fingerprint density at radius 3 is 2.47 bits per heavy atom. The van der Waals surface area contributed by atoms with E-state index < -0.39 is 0 Å². The summed E-state index contributed by atoms with van der Waals surface area (Å²) in [6.07, 6.45) is 0.662. The van der Waals surface area contributed by atoms with E-state index in [9.17, 15) is 4.79 Å². The van der Waals surface area contributed by atoms with Gasteiger partial charge in [-0.3, -0.25) is 4.79 Å². The van der Waals surface area contributed by atoms with Crippen LogP contribution in [-0.2, 0) is 10.5 Å². The molecule has 2 aromatic rings. The maximum absolute atomic E-state index is 10.3. The van der Waals surface area contributed by atoms with E-state index in [-0.39, 0.29) is 0 Å². The first-order valence-corrected chi connectivity index (χ1v) is 7.30. The van der Waals surface area contributed by atoms with Crippen LogP contribution in [0, 0.1) is 0 Å². The molecular formula is C14H11Cl2NOS. The van der Waals surface area contributed by atoms with Crippen molar-refractivity contribution in [1.82, 2.24) is 0 Å². The zero-order valence-corrected chi connectivity index (χ0v) is 12.2. The lowest BCUT2D eigenvalue weighted by Crippen LogP contribution is -1.92. The molecule has 0 saturated heterocycles. The second-order valence-electron chi connectivity index (χ2n) is 3.81. The van der Waals surface area contributed by atoms with Gasteiger partial charge in [-0.2, -0.15) is 0 Å². The second kappa shape index (κ2) is 6.85. The van der Waals surface area contributed by atoms with Gasteiger partial charge >= 0.3 is 0 Å². The normalized spacial score (nSPS) is 10.2. The Labute approximate surface area is 126 Å². The summed E-state index contributed by atoms with van der Waals surface area (Å²) in [4.78, 5) is 11.4. The Kier molecular flexibility index (Phi) is 5.14. The lowest BCUT2D eigenvalue weighted by molar-refractivity contribution is -0.105. The van der Waals surface area contributed by atoms with Gasteiger partial charge in [0.2, 0.25) is 6.41 Å². The number of hydrogen-bond acceptors (Lipinski definition) is 2. The number of anilines is 1. The van der Waals surface area contributed by atoms with Crippen molar-refractivity contribution in [2.75, 3.05) is 5.32 Å². The Morgan fingerprint density at radius 1 is 1.11 bits per heavy atom. The minimum atomic E-state index is 0.642. The van der Waals surface area contributed by atoms with Crippen LogP contribution in [0.1, 0.15) is 5.56 Å². The Hall–Kier alpha value is -1.16. The monoisotopic (exact) mass is 311 g/mol. The number of amides is 1. The second-order valence-corrected chi connectivity index (χ2v) is 5.70. The molecule has 0 aliphatic carbocycles. The fourth-order valence-corrected chi connectivity index (χ4v) is 2.97. The highest BCUT2D eigenvalue weighted by Crippen LogP contribution is 2.29. The van der Waals surface area contributed by atoms with E-state index in [1.54, 1.807) is 17.8 Å².